The Morgan fingerprint density at radius 2 is 0.833 bits per heavy atom. The van der Waals surface area contributed by atoms with Crippen LogP contribution < -0.4 is 43.1 Å². The van der Waals surface area contributed by atoms with Crippen molar-refractivity contribution in [2.24, 2.45) is 5.90 Å². The number of nitrogens with two attached hydrogens (primary N) is 1. The third-order valence-electron chi connectivity index (χ3n) is 0. The Morgan fingerprint density at radius 3 is 0.833 bits per heavy atom. The van der Waals surface area contributed by atoms with E-state index < -0.39 is 0 Å². The molecule has 0 unspecified atom stereocenters. The van der Waals surface area contributed by atoms with Crippen LogP contribution in [0.4, 0.5) is 0 Å². The van der Waals surface area contributed by atoms with Crippen LogP contribution >= 0.6 is 0 Å². The van der Waals surface area contributed by atoms with Gasteiger partial charge in [-0.25, -0.2) is 5.90 Å². The molecule has 0 spiro atoms. The summed E-state index contributed by atoms with van der Waals surface area (Å²) in [7, 11) is 0. The van der Waals surface area contributed by atoms with Gasteiger partial charge in [-0.1, -0.05) is 0 Å². The van der Waals surface area contributed by atoms with Gasteiger partial charge in [0.25, 0.3) is 0 Å². The third-order valence-corrected chi connectivity index (χ3v) is 0. The summed E-state index contributed by atoms with van der Waals surface area (Å²) in [5.74, 6) is 3.50. The van der Waals surface area contributed by atoms with E-state index in [1.165, 1.54) is 0 Å². The monoisotopic (exact) mass is 227 g/mol. The molecule has 0 saturated heterocycles. The van der Waals surface area contributed by atoms with Crippen molar-refractivity contribution in [3.05, 3.63) is 0 Å². The van der Waals surface area contributed by atoms with Gasteiger partial charge in [-0.15, -0.1) is 0 Å². The van der Waals surface area contributed by atoms with E-state index in [1.54, 1.807) is 0 Å². The SMILES string of the molecule is NO.[Cl-].[Cl-].[Cl-].[Y+3]. The first-order chi connectivity index (χ1) is 1.00. The second-order valence-electron chi connectivity index (χ2n) is 0. The Hall–Kier alpha value is 1.89. The van der Waals surface area contributed by atoms with E-state index in [4.69, 9.17) is 5.21 Å². The topological polar surface area (TPSA) is 46.2 Å². The minimum atomic E-state index is 0. The van der Waals surface area contributed by atoms with Crippen LogP contribution in [0.15, 0.2) is 0 Å². The average Bonchev–Trinajstić information content (AvgIpc) is 1.00. The van der Waals surface area contributed by atoms with Crippen molar-refractivity contribution in [3.8, 4) is 0 Å². The molecular formula is H3Cl3NOY. The molecule has 0 aliphatic carbocycles. The first-order valence-electron chi connectivity index (χ1n) is 0.258. The van der Waals surface area contributed by atoms with Crippen molar-refractivity contribution < 1.29 is 75.1 Å². The van der Waals surface area contributed by atoms with Crippen LogP contribution in [0.2, 0.25) is 0 Å². The summed E-state index contributed by atoms with van der Waals surface area (Å²) in [5, 5.41) is 6.50. The van der Waals surface area contributed by atoms with Crippen molar-refractivity contribution in [2.75, 3.05) is 0 Å². The molecule has 0 aromatic carbocycles. The Balaban J connectivity index is -0.000000000833. The summed E-state index contributed by atoms with van der Waals surface area (Å²) in [4.78, 5) is 0. The van der Waals surface area contributed by atoms with Gasteiger partial charge in [0.05, 0.1) is 0 Å². The summed E-state index contributed by atoms with van der Waals surface area (Å²) in [5.41, 5.74) is 0. The normalized spacial score (nSPS) is 1.00. The van der Waals surface area contributed by atoms with E-state index in [0.717, 1.165) is 0 Å². The maximum absolute atomic E-state index is 6.50. The first kappa shape index (κ1) is 44.8. The smallest absolute Gasteiger partial charge is 1.00 e. The van der Waals surface area contributed by atoms with Gasteiger partial charge >= 0.3 is 32.7 Å². The summed E-state index contributed by atoms with van der Waals surface area (Å²) in [6, 6.07) is 0. The zero-order chi connectivity index (χ0) is 2.00. The molecule has 0 atom stereocenters. The van der Waals surface area contributed by atoms with E-state index in [2.05, 4.69) is 5.90 Å². The fourth-order valence-corrected chi connectivity index (χ4v) is 0. The van der Waals surface area contributed by atoms with Gasteiger partial charge < -0.3 is 42.4 Å². The largest absolute Gasteiger partial charge is 3.00 e. The molecule has 38 valence electrons. The summed E-state index contributed by atoms with van der Waals surface area (Å²) in [6.45, 7) is 0. The van der Waals surface area contributed by atoms with Gasteiger partial charge in [-0.2, -0.15) is 0 Å². The van der Waals surface area contributed by atoms with Crippen molar-refractivity contribution >= 4 is 0 Å². The molecule has 0 aromatic rings. The van der Waals surface area contributed by atoms with Crippen LogP contribution in [-0.2, 0) is 32.7 Å². The summed E-state index contributed by atoms with van der Waals surface area (Å²) < 4.78 is 0. The quantitative estimate of drug-likeness (QED) is 0.405. The fourth-order valence-electron chi connectivity index (χ4n) is 0. The Morgan fingerprint density at radius 1 is 0.833 bits per heavy atom. The molecule has 0 radical (unpaired) electrons. The van der Waals surface area contributed by atoms with Crippen LogP contribution in [-0.4, -0.2) is 5.21 Å². The van der Waals surface area contributed by atoms with Crippen molar-refractivity contribution in [3.63, 3.8) is 0 Å². The summed E-state index contributed by atoms with van der Waals surface area (Å²) in [6.07, 6.45) is 0. The van der Waals surface area contributed by atoms with E-state index >= 15 is 0 Å². The molecule has 0 aromatic heterocycles. The predicted octanol–water partition coefficient (Wildman–Crippen LogP) is -9.66. The second kappa shape index (κ2) is 66.8. The molecule has 0 saturated carbocycles. The van der Waals surface area contributed by atoms with Crippen molar-refractivity contribution in [1.29, 1.82) is 0 Å². The van der Waals surface area contributed by atoms with Gasteiger partial charge in [0.2, 0.25) is 0 Å². The van der Waals surface area contributed by atoms with Crippen LogP contribution in [0, 0.1) is 0 Å². The van der Waals surface area contributed by atoms with Gasteiger partial charge in [0.1, 0.15) is 0 Å². The molecule has 6 heteroatoms. The molecule has 0 rings (SSSR count). The Labute approximate surface area is 80.3 Å². The zero-order valence-electron chi connectivity index (χ0n) is 2.74. The van der Waals surface area contributed by atoms with Gasteiger partial charge in [-0.3, -0.25) is 0 Å². The van der Waals surface area contributed by atoms with Crippen LogP contribution in [0.1, 0.15) is 0 Å². The Bertz CT molecular complexity index is 10.8. The van der Waals surface area contributed by atoms with Crippen molar-refractivity contribution in [1.82, 2.24) is 0 Å². The maximum atomic E-state index is 6.50. The molecule has 6 heavy (non-hydrogen) atoms. The predicted molar refractivity (Wildman–Crippen MR) is 5.97 cm³/mol. The minimum Gasteiger partial charge on any atom is -1.00 e. The van der Waals surface area contributed by atoms with E-state index in [9.17, 15) is 0 Å². The second-order valence-corrected chi connectivity index (χ2v) is 0. The average molecular weight is 228 g/mol. The van der Waals surface area contributed by atoms with Gasteiger partial charge in [0.15, 0.2) is 0 Å². The van der Waals surface area contributed by atoms with E-state index in [0.29, 0.717) is 0 Å². The van der Waals surface area contributed by atoms with E-state index in [-0.39, 0.29) is 69.9 Å². The molecule has 0 heterocycles. The molecule has 0 bridgehead atoms. The van der Waals surface area contributed by atoms with E-state index in [1.807, 2.05) is 0 Å². The van der Waals surface area contributed by atoms with Gasteiger partial charge in [0, 0.05) is 0 Å². The standard InChI is InChI=1S/3ClH.H3NO.Y/c;;;1-2;/h3*1H;2H,1H2;/q;;;;+3/p-3. The molecule has 2 nitrogen and oxygen atoms in total. The molecule has 0 aliphatic rings. The number of halogens is 3. The molecule has 0 fully saturated rings. The maximum Gasteiger partial charge on any atom is 3.00 e. The molecule has 0 aliphatic heterocycles. The summed E-state index contributed by atoms with van der Waals surface area (Å²) >= 11 is 0. The first-order valence-corrected chi connectivity index (χ1v) is 0.258. The minimum absolute atomic E-state index is 0. The van der Waals surface area contributed by atoms with Crippen LogP contribution in [0.5, 0.6) is 0 Å². The molecule has 0 amide bonds. The molecule has 3 N–H and O–H groups in total. The number of hydrogen-bond acceptors (Lipinski definition) is 2. The Kier molecular flexibility index (Phi) is 498. The number of hydrogen-bond donors (Lipinski definition) is 2. The van der Waals surface area contributed by atoms with Crippen molar-refractivity contribution in [2.45, 2.75) is 0 Å². The van der Waals surface area contributed by atoms with Crippen LogP contribution in [0.3, 0.4) is 0 Å². The zero-order valence-corrected chi connectivity index (χ0v) is 7.84. The fraction of sp³-hybridized carbons (Fsp3) is 0. The molecular weight excluding hydrogens is 225 g/mol. The van der Waals surface area contributed by atoms with Gasteiger partial charge in [-0.05, 0) is 0 Å². The number of rotatable bonds is 0. The third kappa shape index (κ3) is 39.4. The van der Waals surface area contributed by atoms with Crippen LogP contribution in [0.25, 0.3) is 0 Å².